The van der Waals surface area contributed by atoms with E-state index in [-0.39, 0.29) is 0 Å². The zero-order chi connectivity index (χ0) is 13.4. The van der Waals surface area contributed by atoms with Crippen LogP contribution in [0, 0.1) is 13.8 Å². The van der Waals surface area contributed by atoms with E-state index < -0.39 is 0 Å². The molecule has 1 aliphatic heterocycles. The number of rotatable bonds is 2. The predicted octanol–water partition coefficient (Wildman–Crippen LogP) is 3.09. The second-order valence-corrected chi connectivity index (χ2v) is 6.00. The molecule has 1 aromatic heterocycles. The van der Waals surface area contributed by atoms with E-state index in [2.05, 4.69) is 75.6 Å². The van der Waals surface area contributed by atoms with Crippen molar-refractivity contribution in [3.8, 4) is 0 Å². The summed E-state index contributed by atoms with van der Waals surface area (Å²) >= 11 is 7.05. The standard InChI is InChI=1S/C14H16Br2N2/c1-7-8(2)13(6-15)17-11(7)5-12-9(3)10(4)14(16)18-12/h5,17H,6H2,1-4H3/p+1/b12-5-. The maximum Gasteiger partial charge on any atom is 0.250 e. The van der Waals surface area contributed by atoms with Crippen LogP contribution in [0.5, 0.6) is 0 Å². The molecule has 0 aliphatic carbocycles. The van der Waals surface area contributed by atoms with E-state index in [0.717, 1.165) is 15.6 Å². The van der Waals surface area contributed by atoms with Gasteiger partial charge in [0.2, 0.25) is 10.3 Å². The zero-order valence-electron chi connectivity index (χ0n) is 11.0. The molecule has 1 aliphatic rings. The lowest BCUT2D eigenvalue weighted by molar-refractivity contribution is -0.382. The van der Waals surface area contributed by atoms with E-state index in [1.807, 2.05) is 0 Å². The van der Waals surface area contributed by atoms with Gasteiger partial charge in [0.15, 0.2) is 0 Å². The number of nitrogens with one attached hydrogen (secondary N) is 2. The van der Waals surface area contributed by atoms with Gasteiger partial charge in [-0.1, -0.05) is 15.9 Å². The second kappa shape index (κ2) is 5.17. The smallest absolute Gasteiger partial charge is 0.250 e. The van der Waals surface area contributed by atoms with Gasteiger partial charge < -0.3 is 4.98 Å². The van der Waals surface area contributed by atoms with Crippen LogP contribution in [-0.4, -0.2) is 9.60 Å². The monoisotopic (exact) mass is 371 g/mol. The molecule has 0 spiro atoms. The van der Waals surface area contributed by atoms with E-state index in [0.29, 0.717) is 0 Å². The molecule has 0 radical (unpaired) electrons. The first kappa shape index (κ1) is 13.8. The summed E-state index contributed by atoms with van der Waals surface area (Å²) in [5.41, 5.74) is 8.78. The summed E-state index contributed by atoms with van der Waals surface area (Å²) in [7, 11) is 0. The summed E-state index contributed by atoms with van der Waals surface area (Å²) in [5.74, 6) is 0. The molecule has 0 bridgehead atoms. The highest BCUT2D eigenvalue weighted by Crippen LogP contribution is 2.23. The molecule has 96 valence electrons. The van der Waals surface area contributed by atoms with Gasteiger partial charge in [0, 0.05) is 49.9 Å². The molecule has 2 heterocycles. The topological polar surface area (TPSA) is 29.8 Å². The molecular formula is C14H17Br2N2+. The van der Waals surface area contributed by atoms with Gasteiger partial charge in [-0.25, -0.2) is 0 Å². The summed E-state index contributed by atoms with van der Waals surface area (Å²) in [5, 5.41) is 0.861. The average molecular weight is 373 g/mol. The molecule has 0 unspecified atom stereocenters. The van der Waals surface area contributed by atoms with Gasteiger partial charge in [-0.05, 0) is 38.8 Å². The maximum atomic E-state index is 3.54. The highest BCUT2D eigenvalue weighted by Gasteiger charge is 2.23. The summed E-state index contributed by atoms with van der Waals surface area (Å²) in [4.78, 5) is 6.83. The van der Waals surface area contributed by atoms with Gasteiger partial charge in [-0.3, -0.25) is 0 Å². The number of hydrogen-bond donors (Lipinski definition) is 2. The fraction of sp³-hybridized carbons (Fsp3) is 0.357. The molecule has 0 fully saturated rings. The van der Waals surface area contributed by atoms with E-state index in [4.69, 9.17) is 0 Å². The number of aromatic nitrogens is 1. The summed E-state index contributed by atoms with van der Waals surface area (Å²) in [6.45, 7) is 8.56. The van der Waals surface area contributed by atoms with Crippen molar-refractivity contribution < 1.29 is 4.99 Å². The first-order valence-corrected chi connectivity index (χ1v) is 7.80. The molecule has 4 heteroatoms. The van der Waals surface area contributed by atoms with Gasteiger partial charge in [-0.15, -0.1) is 0 Å². The Morgan fingerprint density at radius 1 is 1.11 bits per heavy atom. The lowest BCUT2D eigenvalue weighted by atomic mass is 10.1. The Labute approximate surface area is 125 Å². The average Bonchev–Trinajstić information content (AvgIpc) is 2.75. The third kappa shape index (κ3) is 2.28. The molecular weight excluding hydrogens is 356 g/mol. The molecule has 2 N–H and O–H groups in total. The van der Waals surface area contributed by atoms with Gasteiger partial charge in [0.1, 0.15) is 0 Å². The van der Waals surface area contributed by atoms with Gasteiger partial charge >= 0.3 is 0 Å². The minimum Gasteiger partial charge on any atom is -0.358 e. The summed E-state index contributed by atoms with van der Waals surface area (Å²) < 4.78 is 1.06. The number of alkyl halides is 1. The molecule has 0 amide bonds. The number of halogens is 2. The van der Waals surface area contributed by atoms with E-state index in [1.54, 1.807) is 0 Å². The normalized spacial score (nSPS) is 17.9. The Kier molecular flexibility index (Phi) is 3.97. The van der Waals surface area contributed by atoms with Gasteiger partial charge in [0.05, 0.1) is 0 Å². The lowest BCUT2D eigenvalue weighted by Gasteiger charge is -1.94. The number of hydrogen-bond acceptors (Lipinski definition) is 0. The second-order valence-electron chi connectivity index (χ2n) is 4.65. The van der Waals surface area contributed by atoms with Crippen LogP contribution in [0.1, 0.15) is 36.4 Å². The van der Waals surface area contributed by atoms with Gasteiger partial charge in [-0.2, -0.15) is 4.99 Å². The van der Waals surface area contributed by atoms with Crippen molar-refractivity contribution >= 4 is 42.6 Å². The van der Waals surface area contributed by atoms with Crippen LogP contribution in [0.2, 0.25) is 0 Å². The quantitative estimate of drug-likeness (QED) is 0.747. The third-order valence-corrected chi connectivity index (χ3v) is 5.02. The Hall–Kier alpha value is -0.610. The van der Waals surface area contributed by atoms with Crippen LogP contribution in [0.3, 0.4) is 0 Å². The number of allylic oxidation sites excluding steroid dienone is 2. The van der Waals surface area contributed by atoms with E-state index >= 15 is 0 Å². The number of aromatic amines is 1. The summed E-state index contributed by atoms with van der Waals surface area (Å²) in [6.07, 6.45) is 2.18. The summed E-state index contributed by atoms with van der Waals surface area (Å²) in [6, 6.07) is 0. The van der Waals surface area contributed by atoms with Crippen LogP contribution in [0.4, 0.5) is 0 Å². The van der Waals surface area contributed by atoms with Crippen molar-refractivity contribution in [2.75, 3.05) is 0 Å². The first-order chi connectivity index (χ1) is 8.45. The molecule has 0 aromatic carbocycles. The Bertz CT molecular complexity index is 589. The third-order valence-electron chi connectivity index (χ3n) is 3.67. The van der Waals surface area contributed by atoms with Crippen LogP contribution >= 0.6 is 31.9 Å². The van der Waals surface area contributed by atoms with Gasteiger partial charge in [0.25, 0.3) is 0 Å². The van der Waals surface area contributed by atoms with Crippen molar-refractivity contribution in [2.24, 2.45) is 0 Å². The molecule has 18 heavy (non-hydrogen) atoms. The van der Waals surface area contributed by atoms with Crippen molar-refractivity contribution in [3.63, 3.8) is 0 Å². The van der Waals surface area contributed by atoms with Crippen molar-refractivity contribution in [1.82, 2.24) is 4.98 Å². The zero-order valence-corrected chi connectivity index (χ0v) is 14.2. The lowest BCUT2D eigenvalue weighted by Crippen LogP contribution is -2.66. The SMILES string of the molecule is CC1=C(C)/C(=C/c2[nH]c(CBr)c(C)c2C)[NH+]=C1Br. The van der Waals surface area contributed by atoms with Crippen molar-refractivity contribution in [3.05, 3.63) is 39.4 Å². The largest absolute Gasteiger partial charge is 0.358 e. The van der Waals surface area contributed by atoms with Crippen molar-refractivity contribution in [2.45, 2.75) is 33.0 Å². The Balaban J connectivity index is 2.48. The molecule has 2 nitrogen and oxygen atoms in total. The minimum absolute atomic E-state index is 0.861. The first-order valence-electron chi connectivity index (χ1n) is 5.89. The molecule has 2 rings (SSSR count). The highest BCUT2D eigenvalue weighted by atomic mass is 79.9. The molecule has 0 saturated heterocycles. The Morgan fingerprint density at radius 3 is 2.22 bits per heavy atom. The molecule has 1 aromatic rings. The van der Waals surface area contributed by atoms with E-state index in [9.17, 15) is 0 Å². The minimum atomic E-state index is 0.861. The van der Waals surface area contributed by atoms with E-state index in [1.165, 1.54) is 33.7 Å². The van der Waals surface area contributed by atoms with Crippen LogP contribution in [0.15, 0.2) is 16.8 Å². The van der Waals surface area contributed by atoms with Crippen LogP contribution < -0.4 is 4.99 Å². The predicted molar refractivity (Wildman–Crippen MR) is 84.1 cm³/mol. The van der Waals surface area contributed by atoms with Crippen LogP contribution in [0.25, 0.3) is 6.08 Å². The fourth-order valence-corrected chi connectivity index (χ4v) is 3.09. The number of H-pyrrole nitrogens is 1. The van der Waals surface area contributed by atoms with Crippen molar-refractivity contribution in [1.29, 1.82) is 0 Å². The van der Waals surface area contributed by atoms with Crippen LogP contribution in [-0.2, 0) is 5.33 Å². The molecule has 0 saturated carbocycles. The highest BCUT2D eigenvalue weighted by molar-refractivity contribution is 9.18. The maximum absolute atomic E-state index is 3.54. The molecule has 0 atom stereocenters. The Morgan fingerprint density at radius 2 is 1.78 bits per heavy atom. The fourth-order valence-electron chi connectivity index (χ4n) is 2.02.